The fraction of sp³-hybridized carbons (Fsp3) is 0.172. The Balaban J connectivity index is 1.88. The maximum atomic E-state index is 5.53. The molecule has 0 bridgehead atoms. The van der Waals surface area contributed by atoms with Crippen LogP contribution in [0.15, 0.2) is 73.1 Å². The molecule has 0 amide bonds. The summed E-state index contributed by atoms with van der Waals surface area (Å²) >= 11 is 0. The summed E-state index contributed by atoms with van der Waals surface area (Å²) in [6.45, 7) is 1.58. The topological polar surface area (TPSA) is 7.76 Å². The second-order valence-electron chi connectivity index (χ2n) is 7.40. The van der Waals surface area contributed by atoms with Gasteiger partial charge in [-0.3, -0.25) is 0 Å². The largest absolute Gasteiger partial charge is 0.265 e. The lowest BCUT2D eigenvalue weighted by molar-refractivity contribution is -0.698. The molecule has 4 rings (SSSR count). The molecular formula is C29H24N2+2. The van der Waals surface area contributed by atoms with Gasteiger partial charge in [-0.2, -0.15) is 9.13 Å². The van der Waals surface area contributed by atoms with Crippen LogP contribution in [0.2, 0.25) is 0 Å². The first-order chi connectivity index (χ1) is 15.3. The average Bonchev–Trinajstić information content (AvgIpc) is 2.82. The molecule has 0 fully saturated rings. The summed E-state index contributed by atoms with van der Waals surface area (Å²) in [7, 11) is 0. The summed E-state index contributed by atoms with van der Waals surface area (Å²) in [4.78, 5) is 0. The zero-order chi connectivity index (χ0) is 21.5. The van der Waals surface area contributed by atoms with Crippen molar-refractivity contribution in [2.75, 3.05) is 0 Å². The highest BCUT2D eigenvalue weighted by atomic mass is 15.0. The Kier molecular flexibility index (Phi) is 6.28. The lowest BCUT2D eigenvalue weighted by Crippen LogP contribution is -2.38. The molecule has 0 aliphatic heterocycles. The third-order valence-corrected chi connectivity index (χ3v) is 5.39. The van der Waals surface area contributed by atoms with Gasteiger partial charge in [-0.15, -0.1) is 24.7 Å². The molecule has 2 nitrogen and oxygen atoms in total. The highest BCUT2D eigenvalue weighted by molar-refractivity contribution is 5.87. The zero-order valence-electron chi connectivity index (χ0n) is 17.5. The van der Waals surface area contributed by atoms with Gasteiger partial charge >= 0.3 is 0 Å². The van der Waals surface area contributed by atoms with Crippen molar-refractivity contribution in [2.45, 2.75) is 32.4 Å². The van der Waals surface area contributed by atoms with Crippen molar-refractivity contribution in [3.05, 3.63) is 84.4 Å². The van der Waals surface area contributed by atoms with Crippen LogP contribution in [0.5, 0.6) is 0 Å². The number of fused-ring (bicyclic) bond motifs is 2. The lowest BCUT2D eigenvalue weighted by atomic mass is 10.1. The van der Waals surface area contributed by atoms with Crippen molar-refractivity contribution in [1.29, 1.82) is 0 Å². The fourth-order valence-electron chi connectivity index (χ4n) is 3.82. The van der Waals surface area contributed by atoms with Crippen LogP contribution in [0.4, 0.5) is 0 Å². The number of aromatic nitrogens is 2. The van der Waals surface area contributed by atoms with E-state index >= 15 is 0 Å². The summed E-state index contributed by atoms with van der Waals surface area (Å²) in [5, 5.41) is 4.63. The van der Waals surface area contributed by atoms with Crippen molar-refractivity contribution in [1.82, 2.24) is 0 Å². The van der Waals surface area contributed by atoms with Crippen LogP contribution in [0, 0.1) is 36.5 Å². The molecular weight excluding hydrogens is 376 g/mol. The van der Waals surface area contributed by atoms with Crippen LogP contribution in [-0.2, 0) is 13.1 Å². The van der Waals surface area contributed by atoms with E-state index in [0.29, 0.717) is 6.42 Å². The molecule has 0 aliphatic carbocycles. The highest BCUT2D eigenvalue weighted by Gasteiger charge is 2.16. The van der Waals surface area contributed by atoms with Crippen LogP contribution >= 0.6 is 0 Å². The van der Waals surface area contributed by atoms with Crippen molar-refractivity contribution in [2.24, 2.45) is 0 Å². The summed E-state index contributed by atoms with van der Waals surface area (Å²) in [6.07, 6.45) is 17.5. The third kappa shape index (κ3) is 4.43. The Morgan fingerprint density at radius 1 is 0.613 bits per heavy atom. The number of unbranched alkanes of at least 4 members (excludes halogenated alkanes) is 1. The van der Waals surface area contributed by atoms with Gasteiger partial charge in [-0.05, 0) is 22.9 Å². The summed E-state index contributed by atoms with van der Waals surface area (Å²) in [5.74, 6) is 12.5. The van der Waals surface area contributed by atoms with Crippen LogP contribution in [-0.4, -0.2) is 0 Å². The highest BCUT2D eigenvalue weighted by Crippen LogP contribution is 2.17. The maximum absolute atomic E-state index is 5.53. The first kappa shape index (κ1) is 20.2. The van der Waals surface area contributed by atoms with Crippen molar-refractivity contribution in [3.8, 4) is 36.5 Å². The summed E-state index contributed by atoms with van der Waals surface area (Å²) in [6, 6.07) is 21.0. The van der Waals surface area contributed by atoms with Gasteiger partial charge < -0.3 is 0 Å². The fourth-order valence-corrected chi connectivity index (χ4v) is 3.82. The molecule has 0 unspecified atom stereocenters. The quantitative estimate of drug-likeness (QED) is 0.266. The molecule has 2 heteroatoms. The van der Waals surface area contributed by atoms with E-state index in [4.69, 9.17) is 12.8 Å². The molecule has 2 heterocycles. The second-order valence-corrected chi connectivity index (χ2v) is 7.40. The van der Waals surface area contributed by atoms with Gasteiger partial charge in [-0.25, -0.2) is 0 Å². The van der Waals surface area contributed by atoms with Crippen LogP contribution in [0.25, 0.3) is 21.5 Å². The first-order valence-electron chi connectivity index (χ1n) is 10.5. The minimum absolute atomic E-state index is 0.665. The molecule has 0 atom stereocenters. The molecule has 0 saturated heterocycles. The van der Waals surface area contributed by atoms with Gasteiger partial charge in [-0.1, -0.05) is 36.4 Å². The number of benzene rings is 2. The smallest absolute Gasteiger partial charge is 0.191 e. The molecule has 0 spiro atoms. The number of nitrogens with zero attached hydrogens (tertiary/aromatic N) is 2. The number of aryl methyl sites for hydroxylation is 2. The van der Waals surface area contributed by atoms with E-state index in [0.717, 1.165) is 48.1 Å². The van der Waals surface area contributed by atoms with Crippen molar-refractivity contribution < 1.29 is 9.13 Å². The number of rotatable bonds is 5. The maximum Gasteiger partial charge on any atom is 0.265 e. The van der Waals surface area contributed by atoms with E-state index in [1.54, 1.807) is 0 Å². The van der Waals surface area contributed by atoms with Crippen LogP contribution < -0.4 is 9.13 Å². The minimum atomic E-state index is 0.665. The SMILES string of the molecule is C#CCCC[n+]1ccc2ccccc2c1C#Cc1c2ccccc2cc[n+]1CCC#C. The molecule has 0 saturated carbocycles. The molecule has 0 aliphatic rings. The van der Waals surface area contributed by atoms with Gasteiger partial charge in [0.2, 0.25) is 0 Å². The van der Waals surface area contributed by atoms with Gasteiger partial charge in [0.05, 0.1) is 17.2 Å². The molecule has 0 N–H and O–H groups in total. The minimum Gasteiger partial charge on any atom is -0.191 e. The van der Waals surface area contributed by atoms with Gasteiger partial charge in [0, 0.05) is 36.8 Å². The molecule has 2 aromatic heterocycles. The normalized spacial score (nSPS) is 10.3. The van der Waals surface area contributed by atoms with Crippen molar-refractivity contribution in [3.63, 3.8) is 0 Å². The Labute approximate surface area is 184 Å². The number of hydrogen-bond donors (Lipinski definition) is 0. The van der Waals surface area contributed by atoms with E-state index in [2.05, 4.69) is 106 Å². The van der Waals surface area contributed by atoms with Gasteiger partial charge in [0.1, 0.15) is 0 Å². The first-order valence-corrected chi connectivity index (χ1v) is 10.5. The average molecular weight is 401 g/mol. The van der Waals surface area contributed by atoms with Gasteiger partial charge in [0.15, 0.2) is 25.5 Å². The predicted molar refractivity (Wildman–Crippen MR) is 126 cm³/mol. The predicted octanol–water partition coefficient (Wildman–Crippen LogP) is 4.40. The summed E-state index contributed by atoms with van der Waals surface area (Å²) in [5.41, 5.74) is 1.99. The Hall–Kier alpha value is -4.06. The van der Waals surface area contributed by atoms with E-state index in [1.165, 1.54) is 10.8 Å². The Bertz CT molecular complexity index is 1390. The second kappa shape index (κ2) is 9.63. The molecule has 2 aromatic carbocycles. The van der Waals surface area contributed by atoms with E-state index in [-0.39, 0.29) is 0 Å². The van der Waals surface area contributed by atoms with Crippen LogP contribution in [0.1, 0.15) is 30.7 Å². The van der Waals surface area contributed by atoms with E-state index < -0.39 is 0 Å². The van der Waals surface area contributed by atoms with E-state index in [1.807, 2.05) is 0 Å². The number of pyridine rings is 2. The molecule has 31 heavy (non-hydrogen) atoms. The molecule has 148 valence electrons. The van der Waals surface area contributed by atoms with Gasteiger partial charge in [0.25, 0.3) is 11.4 Å². The Morgan fingerprint density at radius 2 is 1.13 bits per heavy atom. The number of terminal acetylenes is 2. The standard InChI is InChI=1S/C29H24N2/c1-3-5-11-21-31-23-19-25-13-8-10-15-27(25)29(31)17-16-28-26-14-9-7-12-24(26)18-22-30(28)20-6-4-2/h1-2,7-10,12-15,18-19,22-23H,5-6,11,20-21H2/q+2. The molecule has 4 aromatic rings. The molecule has 0 radical (unpaired) electrons. The van der Waals surface area contributed by atoms with Crippen molar-refractivity contribution >= 4 is 21.5 Å². The number of hydrogen-bond acceptors (Lipinski definition) is 0. The monoisotopic (exact) mass is 400 g/mol. The lowest BCUT2D eigenvalue weighted by Gasteiger charge is -2.04. The van der Waals surface area contributed by atoms with Crippen LogP contribution in [0.3, 0.4) is 0 Å². The third-order valence-electron chi connectivity index (χ3n) is 5.39. The zero-order valence-corrected chi connectivity index (χ0v) is 17.5. The Morgan fingerprint density at radius 3 is 1.68 bits per heavy atom. The summed E-state index contributed by atoms with van der Waals surface area (Å²) < 4.78 is 4.37. The van der Waals surface area contributed by atoms with E-state index in [9.17, 15) is 0 Å².